The summed E-state index contributed by atoms with van der Waals surface area (Å²) >= 11 is 0. The van der Waals surface area contributed by atoms with Crippen molar-refractivity contribution in [3.8, 4) is 0 Å². The van der Waals surface area contributed by atoms with Crippen molar-refractivity contribution in [2.75, 3.05) is 0 Å². The number of aliphatic carboxylic acids is 1. The van der Waals surface area contributed by atoms with Crippen LogP contribution in [0.3, 0.4) is 0 Å². The number of esters is 1. The molecule has 1 N–H and O–H groups in total. The summed E-state index contributed by atoms with van der Waals surface area (Å²) < 4.78 is 6.05. The van der Waals surface area contributed by atoms with Gasteiger partial charge in [0.2, 0.25) is 0 Å². The minimum Gasteiger partial charge on any atom is -0.481 e. The van der Waals surface area contributed by atoms with Crippen molar-refractivity contribution >= 4 is 11.9 Å². The van der Waals surface area contributed by atoms with Crippen LogP contribution in [0.15, 0.2) is 0 Å². The van der Waals surface area contributed by atoms with Crippen LogP contribution in [-0.2, 0) is 14.3 Å². The number of carboxylic acids is 1. The zero-order valence-corrected chi connectivity index (χ0v) is 34.2. The molecule has 0 radical (unpaired) electrons. The molecule has 0 aromatic heterocycles. The number of rotatable bonds is 43. The molecular weight excluding hydrogens is 617 g/mol. The highest BCUT2D eigenvalue weighted by atomic mass is 16.5. The molecule has 4 heteroatoms. The summed E-state index contributed by atoms with van der Waals surface area (Å²) in [5.41, 5.74) is 0. The molecule has 50 heavy (non-hydrogen) atoms. The summed E-state index contributed by atoms with van der Waals surface area (Å²) in [7, 11) is 0. The summed E-state index contributed by atoms with van der Waals surface area (Å²) in [5, 5.41) is 8.78. The quantitative estimate of drug-likeness (QED) is 0.0506. The van der Waals surface area contributed by atoms with Crippen molar-refractivity contribution in [2.24, 2.45) is 0 Å². The first-order chi connectivity index (χ1) is 24.6. The van der Waals surface area contributed by atoms with E-state index in [1.54, 1.807) is 0 Å². The Labute approximate surface area is 313 Å². The summed E-state index contributed by atoms with van der Waals surface area (Å²) in [6.07, 6.45) is 51.5. The van der Waals surface area contributed by atoms with E-state index in [0.29, 0.717) is 12.8 Å². The SMILES string of the molecule is CCCCCCCCCCCCCCCCCCCCCCCC(=O)OC(CCCCCCCCCCC)CCCCCCCCCC(=O)O. The maximum atomic E-state index is 12.7. The first-order valence-electron chi connectivity index (χ1n) is 23.0. The molecule has 0 spiro atoms. The maximum absolute atomic E-state index is 12.7. The molecule has 0 rings (SSSR count). The van der Waals surface area contributed by atoms with Crippen LogP contribution < -0.4 is 0 Å². The van der Waals surface area contributed by atoms with E-state index in [9.17, 15) is 9.59 Å². The lowest BCUT2D eigenvalue weighted by Gasteiger charge is -2.18. The number of carbonyl (C=O) groups excluding carboxylic acids is 1. The minimum absolute atomic E-state index is 0.0298. The molecule has 0 saturated heterocycles. The number of carbonyl (C=O) groups is 2. The molecule has 298 valence electrons. The molecule has 1 atom stereocenters. The molecule has 0 fully saturated rings. The molecule has 0 heterocycles. The van der Waals surface area contributed by atoms with Crippen LogP contribution >= 0.6 is 0 Å². The lowest BCUT2D eigenvalue weighted by Crippen LogP contribution is -2.18. The first kappa shape index (κ1) is 48.9. The first-order valence-corrected chi connectivity index (χ1v) is 23.0. The second kappa shape index (κ2) is 42.4. The second-order valence-corrected chi connectivity index (χ2v) is 16.0. The number of unbranched alkanes of at least 4 members (excludes halogenated alkanes) is 34. The zero-order chi connectivity index (χ0) is 36.4. The van der Waals surface area contributed by atoms with Gasteiger partial charge < -0.3 is 9.84 Å². The molecular formula is C46H90O4. The highest BCUT2D eigenvalue weighted by Crippen LogP contribution is 2.20. The minimum atomic E-state index is -0.682. The fourth-order valence-electron chi connectivity index (χ4n) is 7.42. The molecule has 0 aliphatic rings. The Hall–Kier alpha value is -1.06. The van der Waals surface area contributed by atoms with Gasteiger partial charge in [-0.05, 0) is 38.5 Å². The topological polar surface area (TPSA) is 63.6 Å². The predicted molar refractivity (Wildman–Crippen MR) is 218 cm³/mol. The van der Waals surface area contributed by atoms with Crippen molar-refractivity contribution in [1.29, 1.82) is 0 Å². The van der Waals surface area contributed by atoms with Gasteiger partial charge in [0.25, 0.3) is 0 Å². The van der Waals surface area contributed by atoms with Gasteiger partial charge in [-0.15, -0.1) is 0 Å². The monoisotopic (exact) mass is 707 g/mol. The largest absolute Gasteiger partial charge is 0.481 e. The standard InChI is InChI=1S/C46H90O4/c1-3-5-7-9-11-13-14-15-16-17-18-19-20-21-22-23-24-26-31-35-39-43-46(49)50-44(40-36-32-28-25-12-10-8-6-4-2)41-37-33-29-27-30-34-38-42-45(47)48/h44H,3-43H2,1-2H3,(H,47,48). The van der Waals surface area contributed by atoms with Gasteiger partial charge in [0, 0.05) is 12.8 Å². The second-order valence-electron chi connectivity index (χ2n) is 16.0. The van der Waals surface area contributed by atoms with E-state index in [1.807, 2.05) is 0 Å². The van der Waals surface area contributed by atoms with Gasteiger partial charge in [-0.2, -0.15) is 0 Å². The number of ether oxygens (including phenoxy) is 1. The van der Waals surface area contributed by atoms with Gasteiger partial charge in [-0.25, -0.2) is 0 Å². The van der Waals surface area contributed by atoms with Crippen molar-refractivity contribution in [1.82, 2.24) is 0 Å². The average molecular weight is 707 g/mol. The molecule has 0 aromatic carbocycles. The highest BCUT2D eigenvalue weighted by Gasteiger charge is 2.14. The molecule has 0 amide bonds. The van der Waals surface area contributed by atoms with E-state index < -0.39 is 5.97 Å². The Kier molecular flexibility index (Phi) is 41.5. The van der Waals surface area contributed by atoms with Crippen LogP contribution in [0.5, 0.6) is 0 Å². The Bertz CT molecular complexity index is 677. The third kappa shape index (κ3) is 41.4. The van der Waals surface area contributed by atoms with E-state index in [2.05, 4.69) is 13.8 Å². The normalized spacial score (nSPS) is 12.0. The lowest BCUT2D eigenvalue weighted by molar-refractivity contribution is -0.150. The third-order valence-electron chi connectivity index (χ3n) is 10.8. The number of hydrogen-bond donors (Lipinski definition) is 1. The van der Waals surface area contributed by atoms with Crippen LogP contribution in [0.1, 0.15) is 277 Å². The summed E-state index contributed by atoms with van der Waals surface area (Å²) in [6.45, 7) is 4.57. The van der Waals surface area contributed by atoms with E-state index in [-0.39, 0.29) is 12.1 Å². The Morgan fingerprint density at radius 3 is 0.880 bits per heavy atom. The van der Waals surface area contributed by atoms with Crippen LogP contribution in [0, 0.1) is 0 Å². The fraction of sp³-hybridized carbons (Fsp3) is 0.957. The Morgan fingerprint density at radius 1 is 0.360 bits per heavy atom. The van der Waals surface area contributed by atoms with Crippen LogP contribution in [0.2, 0.25) is 0 Å². The van der Waals surface area contributed by atoms with Gasteiger partial charge in [0.15, 0.2) is 0 Å². The van der Waals surface area contributed by atoms with Crippen molar-refractivity contribution in [2.45, 2.75) is 283 Å². The molecule has 4 nitrogen and oxygen atoms in total. The molecule has 0 aromatic rings. The summed E-state index contributed by atoms with van der Waals surface area (Å²) in [4.78, 5) is 23.4. The van der Waals surface area contributed by atoms with E-state index in [4.69, 9.17) is 9.84 Å². The average Bonchev–Trinajstić information content (AvgIpc) is 3.10. The van der Waals surface area contributed by atoms with Crippen molar-refractivity contribution < 1.29 is 19.4 Å². The molecule has 0 saturated carbocycles. The zero-order valence-electron chi connectivity index (χ0n) is 34.2. The summed E-state index contributed by atoms with van der Waals surface area (Å²) in [5.74, 6) is -0.652. The van der Waals surface area contributed by atoms with E-state index >= 15 is 0 Å². The van der Waals surface area contributed by atoms with Crippen LogP contribution in [0.4, 0.5) is 0 Å². The van der Waals surface area contributed by atoms with Gasteiger partial charge >= 0.3 is 11.9 Å². The van der Waals surface area contributed by atoms with Gasteiger partial charge in [0.1, 0.15) is 6.10 Å². The third-order valence-corrected chi connectivity index (χ3v) is 10.8. The summed E-state index contributed by atoms with van der Waals surface area (Å²) in [6, 6.07) is 0. The van der Waals surface area contributed by atoms with Gasteiger partial charge in [-0.3, -0.25) is 9.59 Å². The van der Waals surface area contributed by atoms with Crippen LogP contribution in [-0.4, -0.2) is 23.1 Å². The molecule has 0 aliphatic heterocycles. The fourth-order valence-corrected chi connectivity index (χ4v) is 7.42. The van der Waals surface area contributed by atoms with Gasteiger partial charge in [0.05, 0.1) is 0 Å². The van der Waals surface area contributed by atoms with E-state index in [0.717, 1.165) is 51.4 Å². The van der Waals surface area contributed by atoms with Crippen molar-refractivity contribution in [3.63, 3.8) is 0 Å². The lowest BCUT2D eigenvalue weighted by atomic mass is 10.0. The Balaban J connectivity index is 3.84. The van der Waals surface area contributed by atoms with Gasteiger partial charge in [-0.1, -0.05) is 226 Å². The molecule has 0 bridgehead atoms. The van der Waals surface area contributed by atoms with Crippen LogP contribution in [0.25, 0.3) is 0 Å². The maximum Gasteiger partial charge on any atom is 0.306 e. The van der Waals surface area contributed by atoms with E-state index in [1.165, 1.54) is 199 Å². The molecule has 0 aliphatic carbocycles. The Morgan fingerprint density at radius 2 is 0.600 bits per heavy atom. The number of hydrogen-bond acceptors (Lipinski definition) is 3. The number of carboxylic acid groups (broad SMARTS) is 1. The predicted octanol–water partition coefficient (Wildman–Crippen LogP) is 16.0. The highest BCUT2D eigenvalue weighted by molar-refractivity contribution is 5.69. The van der Waals surface area contributed by atoms with Crippen molar-refractivity contribution in [3.05, 3.63) is 0 Å². The smallest absolute Gasteiger partial charge is 0.306 e. The molecule has 1 unspecified atom stereocenters.